The molecule has 11 heteroatoms. The zero-order chi connectivity index (χ0) is 37.1. The molecular formula is C44H54BaN4O4P2+2. The molecule has 284 valence electrons. The fourth-order valence-corrected chi connectivity index (χ4v) is 7.38. The SMILES string of the molecule is C1CCOC1.C1CCOC1.C1CCOC1.C1CCOC1.[Ba+2].c1ccc(-c2[n-][nH+]c(-c3ccccc3)p2)cc1.c1ccc(-c2[n-][nH+]c(-c3ccccc3)p2)cc1. The van der Waals surface area contributed by atoms with E-state index in [1.54, 1.807) is 0 Å². The van der Waals surface area contributed by atoms with Crippen LogP contribution in [0.2, 0.25) is 0 Å². The standard InChI is InChI=1S/2C14H11N2P.4C4H8O.Ba/c2*1-3-7-11(8-4-1)13-15-16-14(17-13)12-9-5-2-6-10-12;4*1-2-4-5-3-1;/h2*1-10,15H;4*1-4H2;/q;;;;;;+2. The Balaban J connectivity index is 0.000000162. The minimum Gasteiger partial charge on any atom is -0.406 e. The minimum absolute atomic E-state index is 0. The van der Waals surface area contributed by atoms with Crippen molar-refractivity contribution < 1.29 is 29.1 Å². The Morgan fingerprint density at radius 3 is 0.800 bits per heavy atom. The summed E-state index contributed by atoms with van der Waals surface area (Å²) in [6.45, 7) is 8.00. The average molecular weight is 902 g/mol. The van der Waals surface area contributed by atoms with Gasteiger partial charge in [0, 0.05) is 52.9 Å². The van der Waals surface area contributed by atoms with Gasteiger partial charge >= 0.3 is 48.9 Å². The number of rotatable bonds is 4. The van der Waals surface area contributed by atoms with Crippen molar-refractivity contribution in [3.63, 3.8) is 0 Å². The third-order valence-corrected chi connectivity index (χ3v) is 10.7. The predicted octanol–water partition coefficient (Wildman–Crippen LogP) is 9.55. The first-order valence-electron chi connectivity index (χ1n) is 19.2. The maximum Gasteiger partial charge on any atom is 2.00 e. The largest absolute Gasteiger partial charge is 2.00 e. The molecular weight excluding hydrogens is 848 g/mol. The second-order valence-corrected chi connectivity index (χ2v) is 14.9. The molecule has 0 bridgehead atoms. The van der Waals surface area contributed by atoms with Crippen molar-refractivity contribution in [3.05, 3.63) is 121 Å². The van der Waals surface area contributed by atoms with Gasteiger partial charge in [-0.2, -0.15) is 0 Å². The van der Waals surface area contributed by atoms with Gasteiger partial charge in [0.2, 0.25) is 10.9 Å². The van der Waals surface area contributed by atoms with Crippen LogP contribution in [0.25, 0.3) is 44.0 Å². The summed E-state index contributed by atoms with van der Waals surface area (Å²) in [7, 11) is 2.27. The molecule has 6 heterocycles. The van der Waals surface area contributed by atoms with Crippen LogP contribution in [0.1, 0.15) is 51.4 Å². The Labute approximate surface area is 370 Å². The summed E-state index contributed by atoms with van der Waals surface area (Å²) < 4.78 is 19.8. The van der Waals surface area contributed by atoms with Crippen LogP contribution < -0.4 is 20.4 Å². The first-order valence-corrected chi connectivity index (χ1v) is 21.0. The van der Waals surface area contributed by atoms with Crippen LogP contribution in [0.5, 0.6) is 0 Å². The van der Waals surface area contributed by atoms with Gasteiger partial charge in [0.15, 0.2) is 0 Å². The molecule has 0 aliphatic carbocycles. The second-order valence-electron chi connectivity index (χ2n) is 12.8. The van der Waals surface area contributed by atoms with Gasteiger partial charge in [-0.25, -0.2) is 0 Å². The van der Waals surface area contributed by atoms with Gasteiger partial charge in [0.1, 0.15) is 0 Å². The quantitative estimate of drug-likeness (QED) is 0.164. The van der Waals surface area contributed by atoms with E-state index in [-0.39, 0.29) is 48.9 Å². The maximum atomic E-state index is 4.94. The molecule has 0 spiro atoms. The van der Waals surface area contributed by atoms with Gasteiger partial charge in [-0.05, 0) is 114 Å². The molecule has 0 amide bonds. The average Bonchev–Trinajstić information content (AvgIpc) is 4.13. The molecule has 4 aliphatic heterocycles. The summed E-state index contributed by atoms with van der Waals surface area (Å²) in [5.74, 6) is 0. The molecule has 4 fully saturated rings. The van der Waals surface area contributed by atoms with Crippen molar-refractivity contribution in [2.24, 2.45) is 0 Å². The van der Waals surface area contributed by atoms with Gasteiger partial charge in [-0.1, -0.05) is 97.1 Å². The molecule has 4 aliphatic rings. The summed E-state index contributed by atoms with van der Waals surface area (Å²) in [4.78, 5) is 0. The molecule has 6 aromatic rings. The first kappa shape index (κ1) is 45.3. The van der Waals surface area contributed by atoms with Crippen LogP contribution in [0.4, 0.5) is 0 Å². The Kier molecular flexibility index (Phi) is 23.8. The number of nitrogens with zero attached hydrogens (tertiary/aromatic N) is 2. The van der Waals surface area contributed by atoms with Crippen LogP contribution in [0.15, 0.2) is 121 Å². The molecule has 0 radical (unpaired) electrons. The van der Waals surface area contributed by atoms with E-state index in [4.69, 9.17) is 18.9 Å². The zero-order valence-corrected chi connectivity index (χ0v) is 38.2. The molecule has 4 saturated heterocycles. The second kappa shape index (κ2) is 28.9. The normalized spacial score (nSPS) is 15.4. The van der Waals surface area contributed by atoms with E-state index in [1.165, 1.54) is 73.6 Å². The number of H-pyrrole nitrogens is 2. The fraction of sp³-hybridized carbons (Fsp3) is 0.364. The van der Waals surface area contributed by atoms with E-state index in [2.05, 4.69) is 68.9 Å². The van der Waals surface area contributed by atoms with Gasteiger partial charge in [-0.15, -0.1) is 0 Å². The first-order chi connectivity index (χ1) is 26.9. The van der Waals surface area contributed by atoms with E-state index in [0.717, 1.165) is 90.9 Å². The molecule has 4 aromatic carbocycles. The monoisotopic (exact) mass is 902 g/mol. The Bertz CT molecular complexity index is 1490. The third-order valence-electron chi connectivity index (χ3n) is 8.44. The molecule has 2 aromatic heterocycles. The van der Waals surface area contributed by atoms with Crippen molar-refractivity contribution in [1.82, 2.24) is 10.2 Å². The predicted molar refractivity (Wildman–Crippen MR) is 225 cm³/mol. The molecule has 0 saturated carbocycles. The van der Waals surface area contributed by atoms with Crippen molar-refractivity contribution in [1.29, 1.82) is 0 Å². The van der Waals surface area contributed by atoms with Crippen molar-refractivity contribution >= 4 is 65.3 Å². The van der Waals surface area contributed by atoms with Crippen LogP contribution >= 0.6 is 16.4 Å². The molecule has 55 heavy (non-hydrogen) atoms. The number of ether oxygens (including phenoxy) is 4. The van der Waals surface area contributed by atoms with E-state index in [0.29, 0.717) is 0 Å². The summed E-state index contributed by atoms with van der Waals surface area (Å²) in [5.41, 5.74) is 9.18. The van der Waals surface area contributed by atoms with Crippen LogP contribution in [-0.2, 0) is 18.9 Å². The Morgan fingerprint density at radius 2 is 0.582 bits per heavy atom. The molecule has 0 unspecified atom stereocenters. The van der Waals surface area contributed by atoms with Gasteiger partial charge in [0.25, 0.3) is 0 Å². The molecule has 0 atom stereocenters. The summed E-state index contributed by atoms with van der Waals surface area (Å²) >= 11 is 0. The molecule has 8 nitrogen and oxygen atoms in total. The number of aromatic amines is 2. The van der Waals surface area contributed by atoms with E-state index in [1.807, 2.05) is 72.8 Å². The van der Waals surface area contributed by atoms with Crippen LogP contribution in [-0.4, -0.2) is 102 Å². The van der Waals surface area contributed by atoms with Gasteiger partial charge < -0.3 is 29.1 Å². The van der Waals surface area contributed by atoms with Crippen molar-refractivity contribution in [2.75, 3.05) is 52.9 Å². The third kappa shape index (κ3) is 18.1. The van der Waals surface area contributed by atoms with Gasteiger partial charge in [0.05, 0.1) is 11.1 Å². The number of hydrogen-bond acceptors (Lipinski definition) is 4. The number of hydrogen-bond donors (Lipinski definition) is 0. The number of benzene rings is 4. The van der Waals surface area contributed by atoms with E-state index in [9.17, 15) is 0 Å². The minimum atomic E-state index is 0. The van der Waals surface area contributed by atoms with Crippen molar-refractivity contribution in [2.45, 2.75) is 51.4 Å². The maximum absolute atomic E-state index is 4.94. The smallest absolute Gasteiger partial charge is 0.406 e. The topological polar surface area (TPSA) is 93.4 Å². The van der Waals surface area contributed by atoms with E-state index >= 15 is 0 Å². The molecule has 2 N–H and O–H groups in total. The van der Waals surface area contributed by atoms with Gasteiger partial charge in [-0.3, -0.25) is 10.2 Å². The van der Waals surface area contributed by atoms with E-state index < -0.39 is 0 Å². The summed E-state index contributed by atoms with van der Waals surface area (Å²) in [5, 5.41) is 15.0. The number of nitrogens with one attached hydrogen (secondary N) is 2. The zero-order valence-electron chi connectivity index (χ0n) is 32.0. The summed E-state index contributed by atoms with van der Waals surface area (Å²) in [6, 6.07) is 41.1. The Hall–Kier alpha value is -2.43. The number of aromatic nitrogens is 4. The molecule has 10 rings (SSSR count). The fourth-order valence-electron chi connectivity index (χ4n) is 5.45. The van der Waals surface area contributed by atoms with Crippen molar-refractivity contribution in [3.8, 4) is 44.0 Å². The Morgan fingerprint density at radius 1 is 0.345 bits per heavy atom. The van der Waals surface area contributed by atoms with Crippen LogP contribution in [0.3, 0.4) is 0 Å². The van der Waals surface area contributed by atoms with Crippen LogP contribution in [0, 0.1) is 0 Å². The summed E-state index contributed by atoms with van der Waals surface area (Å²) in [6.07, 6.45) is 10.2.